The van der Waals surface area contributed by atoms with Crippen LogP contribution in [0.15, 0.2) is 23.4 Å². The third-order valence-corrected chi connectivity index (χ3v) is 6.03. The molecule has 1 heterocycles. The van der Waals surface area contributed by atoms with Crippen molar-refractivity contribution < 1.29 is 12.6 Å². The fourth-order valence-corrected chi connectivity index (χ4v) is 4.15. The summed E-state index contributed by atoms with van der Waals surface area (Å²) < 4.78 is 29.4. The summed E-state index contributed by atoms with van der Waals surface area (Å²) in [6.07, 6.45) is 14.9. The normalized spacial score (nSPS) is 11.6. The molecule has 26 heavy (non-hydrogen) atoms. The van der Waals surface area contributed by atoms with Gasteiger partial charge in [-0.05, 0) is 31.4 Å². The second-order valence-electron chi connectivity index (χ2n) is 6.81. The molecule has 0 bridgehead atoms. The van der Waals surface area contributed by atoms with Crippen LogP contribution in [0.2, 0.25) is 0 Å². The lowest BCUT2D eigenvalue weighted by Crippen LogP contribution is -2.15. The summed E-state index contributed by atoms with van der Waals surface area (Å²) in [6, 6.07) is 3.40. The number of nitrogens with zero attached hydrogens (tertiary/aromatic N) is 1. The van der Waals surface area contributed by atoms with E-state index < -0.39 is 10.1 Å². The summed E-state index contributed by atoms with van der Waals surface area (Å²) in [5.74, 6) is 0. The maximum absolute atomic E-state index is 12.2. The molecule has 6 heteroatoms. The summed E-state index contributed by atoms with van der Waals surface area (Å²) in [5, 5.41) is -0.0262. The molecule has 0 fully saturated rings. The van der Waals surface area contributed by atoms with E-state index in [0.29, 0.717) is 10.4 Å². The molecule has 0 saturated heterocycles. The van der Waals surface area contributed by atoms with Crippen molar-refractivity contribution in [2.24, 2.45) is 0 Å². The number of unbranched alkanes of at least 4 members (excludes halogenated alkanes) is 9. The van der Waals surface area contributed by atoms with Gasteiger partial charge in [0.15, 0.2) is 5.03 Å². The molecule has 0 aliphatic heterocycles. The van der Waals surface area contributed by atoms with Gasteiger partial charge >= 0.3 is 10.1 Å². The minimum atomic E-state index is -3.84. The predicted molar refractivity (Wildman–Crippen MR) is 111 cm³/mol. The van der Waals surface area contributed by atoms with Gasteiger partial charge in [0, 0.05) is 11.1 Å². The Morgan fingerprint density at radius 2 is 1.62 bits per heavy atom. The summed E-state index contributed by atoms with van der Waals surface area (Å²) in [6.45, 7) is 3.90. The number of aryl methyl sites for hydroxylation is 1. The fourth-order valence-electron chi connectivity index (χ4n) is 2.81. The van der Waals surface area contributed by atoms with Crippen LogP contribution in [0.25, 0.3) is 0 Å². The van der Waals surface area contributed by atoms with E-state index in [1.807, 2.05) is 0 Å². The Bertz CT molecular complexity index is 630. The zero-order chi connectivity index (χ0) is 19.3. The summed E-state index contributed by atoms with van der Waals surface area (Å²) >= 11 is 5.26. The Balaban J connectivity index is 2.11. The smallest absolute Gasteiger partial charge is 0.260 e. The third-order valence-electron chi connectivity index (χ3n) is 4.38. The van der Waals surface area contributed by atoms with E-state index in [1.54, 1.807) is 19.1 Å². The Kier molecular flexibility index (Phi) is 11.9. The van der Waals surface area contributed by atoms with Gasteiger partial charge in [0.2, 0.25) is 0 Å². The van der Waals surface area contributed by atoms with Gasteiger partial charge < -0.3 is 0 Å². The molecule has 0 aliphatic carbocycles. The van der Waals surface area contributed by atoms with Crippen molar-refractivity contribution in [3.8, 4) is 0 Å². The van der Waals surface area contributed by atoms with Gasteiger partial charge in [-0.3, -0.25) is 4.18 Å². The molecule has 1 rings (SSSR count). The average molecular weight is 400 g/mol. The Morgan fingerprint density at radius 1 is 1.04 bits per heavy atom. The van der Waals surface area contributed by atoms with E-state index in [1.165, 1.54) is 57.6 Å². The monoisotopic (exact) mass is 399 g/mol. The van der Waals surface area contributed by atoms with Crippen molar-refractivity contribution in [2.75, 3.05) is 6.61 Å². The molecule has 0 radical (unpaired) electrons. The minimum Gasteiger partial charge on any atom is -0.260 e. The van der Waals surface area contributed by atoms with E-state index in [4.69, 9.17) is 16.4 Å². The minimum absolute atomic E-state index is 0.0262. The molecule has 1 aromatic rings. The maximum Gasteiger partial charge on any atom is 0.315 e. The van der Waals surface area contributed by atoms with E-state index in [-0.39, 0.29) is 11.6 Å². The lowest BCUT2D eigenvalue weighted by molar-refractivity contribution is 0.365. The molecule has 0 aliphatic rings. The topological polar surface area (TPSA) is 56.3 Å². The zero-order valence-electron chi connectivity index (χ0n) is 16.2. The zero-order valence-corrected chi connectivity index (χ0v) is 17.8. The number of rotatable bonds is 15. The SMILES string of the molecule is CCCCCCCCCCCCC(=S)COS(=O)(=O)c1ncccc1C. The van der Waals surface area contributed by atoms with Crippen molar-refractivity contribution in [2.45, 2.75) is 89.5 Å². The second-order valence-corrected chi connectivity index (χ2v) is 8.92. The first kappa shape index (κ1) is 23.2. The molecule has 0 atom stereocenters. The Labute approximate surface area is 164 Å². The summed E-state index contributed by atoms with van der Waals surface area (Å²) in [4.78, 5) is 4.55. The van der Waals surface area contributed by atoms with E-state index in [2.05, 4.69) is 11.9 Å². The molecule has 0 amide bonds. The van der Waals surface area contributed by atoms with Crippen molar-refractivity contribution >= 4 is 27.2 Å². The number of thiocarbonyl (C=S) groups is 1. The molecular formula is C20H33NO3S2. The molecule has 0 saturated carbocycles. The average Bonchev–Trinajstić information content (AvgIpc) is 2.62. The lowest BCUT2D eigenvalue weighted by atomic mass is 10.1. The largest absolute Gasteiger partial charge is 0.315 e. The van der Waals surface area contributed by atoms with Crippen LogP contribution in [-0.2, 0) is 14.3 Å². The number of hydrogen-bond donors (Lipinski definition) is 0. The van der Waals surface area contributed by atoms with E-state index in [9.17, 15) is 8.42 Å². The predicted octanol–water partition coefficient (Wildman–Crippen LogP) is 5.78. The number of pyridine rings is 1. The highest BCUT2D eigenvalue weighted by atomic mass is 32.2. The third kappa shape index (κ3) is 9.74. The highest BCUT2D eigenvalue weighted by Gasteiger charge is 2.19. The molecule has 0 unspecified atom stereocenters. The van der Waals surface area contributed by atoms with Crippen LogP contribution >= 0.6 is 12.2 Å². The molecule has 1 aromatic heterocycles. The fraction of sp³-hybridized carbons (Fsp3) is 0.700. The van der Waals surface area contributed by atoms with Crippen LogP contribution in [0.4, 0.5) is 0 Å². The van der Waals surface area contributed by atoms with Crippen molar-refractivity contribution in [3.05, 3.63) is 23.9 Å². The quantitative estimate of drug-likeness (QED) is 0.213. The highest BCUT2D eigenvalue weighted by molar-refractivity contribution is 7.86. The van der Waals surface area contributed by atoms with E-state index >= 15 is 0 Å². The van der Waals surface area contributed by atoms with Crippen LogP contribution in [0.1, 0.15) is 83.1 Å². The molecule has 0 N–H and O–H groups in total. The molecular weight excluding hydrogens is 366 g/mol. The van der Waals surface area contributed by atoms with Gasteiger partial charge in [-0.1, -0.05) is 83.0 Å². The summed E-state index contributed by atoms with van der Waals surface area (Å²) in [7, 11) is -3.84. The number of hydrogen-bond acceptors (Lipinski definition) is 5. The van der Waals surface area contributed by atoms with Crippen LogP contribution < -0.4 is 0 Å². The van der Waals surface area contributed by atoms with Crippen LogP contribution in [0, 0.1) is 6.92 Å². The molecule has 0 spiro atoms. The van der Waals surface area contributed by atoms with Crippen molar-refractivity contribution in [1.29, 1.82) is 0 Å². The van der Waals surface area contributed by atoms with Gasteiger partial charge in [-0.2, -0.15) is 8.42 Å². The van der Waals surface area contributed by atoms with Gasteiger partial charge in [0.25, 0.3) is 0 Å². The maximum atomic E-state index is 12.2. The van der Waals surface area contributed by atoms with Crippen molar-refractivity contribution in [3.63, 3.8) is 0 Å². The summed E-state index contributed by atoms with van der Waals surface area (Å²) in [5.41, 5.74) is 0.577. The van der Waals surface area contributed by atoms with Crippen LogP contribution in [0.3, 0.4) is 0 Å². The van der Waals surface area contributed by atoms with Gasteiger partial charge in [0.05, 0.1) is 6.61 Å². The standard InChI is InChI=1S/C20H33NO3S2/c1-3-4-5-6-7-8-9-10-11-12-15-19(25)17-24-26(22,23)20-18(2)14-13-16-21-20/h13-14,16H,3-12,15,17H2,1-2H3. The number of aromatic nitrogens is 1. The first-order valence-electron chi connectivity index (χ1n) is 9.80. The lowest BCUT2D eigenvalue weighted by Gasteiger charge is -2.08. The molecule has 4 nitrogen and oxygen atoms in total. The first-order valence-corrected chi connectivity index (χ1v) is 11.6. The first-order chi connectivity index (χ1) is 12.5. The van der Waals surface area contributed by atoms with Gasteiger partial charge in [-0.25, -0.2) is 4.98 Å². The van der Waals surface area contributed by atoms with Crippen LogP contribution in [0.5, 0.6) is 0 Å². The molecule has 0 aromatic carbocycles. The van der Waals surface area contributed by atoms with Crippen LogP contribution in [-0.4, -0.2) is 24.9 Å². The van der Waals surface area contributed by atoms with E-state index in [0.717, 1.165) is 19.3 Å². The Hall–Kier alpha value is -0.850. The second kappa shape index (κ2) is 13.3. The van der Waals surface area contributed by atoms with Crippen molar-refractivity contribution in [1.82, 2.24) is 4.98 Å². The van der Waals surface area contributed by atoms with Gasteiger partial charge in [0.1, 0.15) is 0 Å². The Morgan fingerprint density at radius 3 is 2.19 bits per heavy atom. The molecule has 148 valence electrons. The highest BCUT2D eigenvalue weighted by Crippen LogP contribution is 2.15. The van der Waals surface area contributed by atoms with Gasteiger partial charge in [-0.15, -0.1) is 0 Å².